The Hall–Kier alpha value is -3.13. The number of benzene rings is 1. The summed E-state index contributed by atoms with van der Waals surface area (Å²) < 4.78 is 5.32. The zero-order chi connectivity index (χ0) is 21.8. The molecule has 2 aromatic heterocycles. The minimum absolute atomic E-state index is 0.0627. The third kappa shape index (κ3) is 3.22. The normalized spacial score (nSPS) is 16.9. The van der Waals surface area contributed by atoms with Gasteiger partial charge in [-0.25, -0.2) is 0 Å². The third-order valence-corrected chi connectivity index (χ3v) is 6.79. The Morgan fingerprint density at radius 2 is 2.13 bits per heavy atom. The van der Waals surface area contributed by atoms with Crippen molar-refractivity contribution in [1.82, 2.24) is 25.0 Å². The van der Waals surface area contributed by atoms with E-state index in [9.17, 15) is 9.59 Å². The van der Waals surface area contributed by atoms with E-state index in [4.69, 9.17) is 4.74 Å². The van der Waals surface area contributed by atoms with Gasteiger partial charge in [0, 0.05) is 49.3 Å². The number of aromatic amines is 2. The topological polar surface area (TPSA) is 94.3 Å². The lowest BCUT2D eigenvalue weighted by molar-refractivity contribution is 0.0541. The van der Waals surface area contributed by atoms with E-state index in [0.29, 0.717) is 37.5 Å². The van der Waals surface area contributed by atoms with Crippen molar-refractivity contribution in [3.05, 3.63) is 52.5 Å². The lowest BCUT2D eigenvalue weighted by atomic mass is 10.0. The second-order valence-corrected chi connectivity index (χ2v) is 8.75. The molecule has 3 aromatic rings. The Balaban J connectivity index is 1.39. The number of aromatic nitrogens is 3. The fraction of sp³-hybridized carbons (Fsp3) is 0.435. The number of amides is 2. The van der Waals surface area contributed by atoms with Crippen LogP contribution in [0.25, 0.3) is 10.9 Å². The van der Waals surface area contributed by atoms with Gasteiger partial charge in [0.15, 0.2) is 5.69 Å². The molecule has 2 amide bonds. The predicted octanol–water partition coefficient (Wildman–Crippen LogP) is 2.65. The van der Waals surface area contributed by atoms with Crippen molar-refractivity contribution in [2.45, 2.75) is 38.3 Å². The number of ether oxygens (including phenoxy) is 1. The molecular formula is C23H27N5O3. The highest BCUT2D eigenvalue weighted by atomic mass is 16.5. The Morgan fingerprint density at radius 3 is 2.84 bits per heavy atom. The smallest absolute Gasteiger partial charge is 0.274 e. The fourth-order valence-corrected chi connectivity index (χ4v) is 4.60. The molecule has 1 fully saturated rings. The molecule has 5 rings (SSSR count). The van der Waals surface area contributed by atoms with Crippen LogP contribution in [-0.4, -0.2) is 69.6 Å². The van der Waals surface area contributed by atoms with Crippen LogP contribution in [0, 0.1) is 6.92 Å². The van der Waals surface area contributed by atoms with E-state index < -0.39 is 0 Å². The lowest BCUT2D eigenvalue weighted by Crippen LogP contribution is -2.43. The van der Waals surface area contributed by atoms with Crippen molar-refractivity contribution in [3.63, 3.8) is 0 Å². The number of rotatable bonds is 5. The average Bonchev–Trinajstić information content (AvgIpc) is 3.23. The van der Waals surface area contributed by atoms with Gasteiger partial charge >= 0.3 is 0 Å². The maximum atomic E-state index is 13.2. The molecule has 2 aliphatic rings. The van der Waals surface area contributed by atoms with Gasteiger partial charge < -0.3 is 19.5 Å². The zero-order valence-corrected chi connectivity index (χ0v) is 18.1. The molecule has 1 aliphatic heterocycles. The van der Waals surface area contributed by atoms with Crippen molar-refractivity contribution < 1.29 is 14.3 Å². The van der Waals surface area contributed by atoms with E-state index in [0.717, 1.165) is 40.6 Å². The van der Waals surface area contributed by atoms with Crippen LogP contribution in [0.1, 0.15) is 50.6 Å². The number of methoxy groups -OCH3 is 1. The summed E-state index contributed by atoms with van der Waals surface area (Å²) in [6, 6.07) is 7.91. The Labute approximate surface area is 180 Å². The van der Waals surface area contributed by atoms with Crippen LogP contribution in [0.3, 0.4) is 0 Å². The first-order valence-electron chi connectivity index (χ1n) is 10.6. The number of fused-ring (bicyclic) bond motifs is 2. The van der Waals surface area contributed by atoms with Crippen molar-refractivity contribution in [2.75, 3.05) is 27.3 Å². The molecule has 0 saturated heterocycles. The molecule has 1 aromatic carbocycles. The molecule has 2 N–H and O–H groups in total. The Bertz CT molecular complexity index is 1170. The molecule has 162 valence electrons. The number of aryl methyl sites for hydroxylation is 1. The van der Waals surface area contributed by atoms with E-state index in [1.165, 1.54) is 0 Å². The van der Waals surface area contributed by atoms with Gasteiger partial charge in [0.25, 0.3) is 11.8 Å². The van der Waals surface area contributed by atoms with Crippen LogP contribution in [0.4, 0.5) is 0 Å². The maximum absolute atomic E-state index is 13.2. The van der Waals surface area contributed by atoms with E-state index in [1.807, 2.05) is 38.2 Å². The van der Waals surface area contributed by atoms with Crippen LogP contribution in [0.5, 0.6) is 0 Å². The molecule has 8 heteroatoms. The van der Waals surface area contributed by atoms with Gasteiger partial charge in [-0.15, -0.1) is 0 Å². The van der Waals surface area contributed by atoms with Gasteiger partial charge in [0.1, 0.15) is 5.69 Å². The fourth-order valence-electron chi connectivity index (χ4n) is 4.60. The van der Waals surface area contributed by atoms with Crippen LogP contribution in [-0.2, 0) is 17.7 Å². The summed E-state index contributed by atoms with van der Waals surface area (Å²) in [5, 5.41) is 8.40. The second-order valence-electron chi connectivity index (χ2n) is 8.75. The monoisotopic (exact) mass is 421 g/mol. The van der Waals surface area contributed by atoms with Crippen molar-refractivity contribution in [3.8, 4) is 0 Å². The number of nitrogens with zero attached hydrogens (tertiary/aromatic N) is 3. The number of carbonyl (C=O) groups excluding carboxylic acids is 2. The van der Waals surface area contributed by atoms with Crippen LogP contribution in [0.2, 0.25) is 0 Å². The van der Waals surface area contributed by atoms with Crippen molar-refractivity contribution >= 4 is 22.7 Å². The molecule has 0 atom stereocenters. The number of hydrogen-bond donors (Lipinski definition) is 2. The first kappa shape index (κ1) is 19.8. The first-order chi connectivity index (χ1) is 14.9. The van der Waals surface area contributed by atoms with Crippen molar-refractivity contribution in [2.24, 2.45) is 0 Å². The summed E-state index contributed by atoms with van der Waals surface area (Å²) >= 11 is 0. The molecule has 0 bridgehead atoms. The number of carbonyl (C=O) groups is 2. The minimum atomic E-state index is -0.232. The van der Waals surface area contributed by atoms with Gasteiger partial charge in [-0.05, 0) is 37.5 Å². The molecular weight excluding hydrogens is 394 g/mol. The largest absolute Gasteiger partial charge is 0.382 e. The summed E-state index contributed by atoms with van der Waals surface area (Å²) in [5.41, 5.74) is 4.58. The van der Waals surface area contributed by atoms with Crippen molar-refractivity contribution in [1.29, 1.82) is 0 Å². The SMILES string of the molecule is COCC1(N(C)C(=O)c2n[nH]c3c2CN(C(=O)c2cc4c(C)cccc4[nH]2)CC3)CC1. The molecule has 0 radical (unpaired) electrons. The number of likely N-dealkylation sites (N-methyl/N-ethyl adjacent to an activating group) is 1. The molecule has 31 heavy (non-hydrogen) atoms. The molecule has 0 unspecified atom stereocenters. The van der Waals surface area contributed by atoms with E-state index in [-0.39, 0.29) is 17.4 Å². The lowest BCUT2D eigenvalue weighted by Gasteiger charge is -2.29. The van der Waals surface area contributed by atoms with Gasteiger partial charge in [-0.1, -0.05) is 12.1 Å². The van der Waals surface area contributed by atoms with Crippen LogP contribution in [0.15, 0.2) is 24.3 Å². The standard InChI is InChI=1S/C23H27N5O3/c1-14-5-4-6-17-15(14)11-19(24-17)21(29)28-10-7-18-16(12-28)20(26-25-18)22(30)27(2)23(8-9-23)13-31-3/h4-6,11,24H,7-10,12-13H2,1-3H3,(H,25,26). The van der Waals surface area contributed by atoms with Crippen LogP contribution < -0.4 is 0 Å². The Kier molecular flexibility index (Phi) is 4.62. The van der Waals surface area contributed by atoms with Gasteiger partial charge in [-0.3, -0.25) is 14.7 Å². The molecule has 1 saturated carbocycles. The van der Waals surface area contributed by atoms with Gasteiger partial charge in [-0.2, -0.15) is 5.10 Å². The number of nitrogens with one attached hydrogen (secondary N) is 2. The van der Waals surface area contributed by atoms with E-state index in [1.54, 1.807) is 16.9 Å². The average molecular weight is 422 g/mol. The highest BCUT2D eigenvalue weighted by Gasteiger charge is 2.49. The summed E-state index contributed by atoms with van der Waals surface area (Å²) in [7, 11) is 3.47. The zero-order valence-electron chi connectivity index (χ0n) is 18.1. The quantitative estimate of drug-likeness (QED) is 0.662. The molecule has 8 nitrogen and oxygen atoms in total. The summed E-state index contributed by atoms with van der Waals surface area (Å²) in [6.07, 6.45) is 2.51. The number of hydrogen-bond acceptors (Lipinski definition) is 4. The Morgan fingerprint density at radius 1 is 1.32 bits per heavy atom. The van der Waals surface area contributed by atoms with Gasteiger partial charge in [0.05, 0.1) is 18.7 Å². The molecule has 0 spiro atoms. The first-order valence-corrected chi connectivity index (χ1v) is 10.6. The summed E-state index contributed by atoms with van der Waals surface area (Å²) in [4.78, 5) is 33.2. The van der Waals surface area contributed by atoms with Crippen LogP contribution >= 0.6 is 0 Å². The maximum Gasteiger partial charge on any atom is 0.274 e. The van der Waals surface area contributed by atoms with E-state index in [2.05, 4.69) is 15.2 Å². The number of H-pyrrole nitrogens is 2. The molecule has 3 heterocycles. The predicted molar refractivity (Wildman–Crippen MR) is 116 cm³/mol. The highest BCUT2D eigenvalue weighted by molar-refractivity contribution is 5.99. The summed E-state index contributed by atoms with van der Waals surface area (Å²) in [5.74, 6) is -0.185. The van der Waals surface area contributed by atoms with Gasteiger partial charge in [0.2, 0.25) is 0 Å². The second kappa shape index (κ2) is 7.23. The molecule has 1 aliphatic carbocycles. The summed E-state index contributed by atoms with van der Waals surface area (Å²) in [6.45, 7) is 3.50. The third-order valence-electron chi connectivity index (χ3n) is 6.79. The van der Waals surface area contributed by atoms with E-state index >= 15 is 0 Å². The highest BCUT2D eigenvalue weighted by Crippen LogP contribution is 2.42. The minimum Gasteiger partial charge on any atom is -0.382 e.